The first kappa shape index (κ1) is 13.0. The second kappa shape index (κ2) is 6.47. The van der Waals surface area contributed by atoms with Crippen molar-refractivity contribution in [3.05, 3.63) is 29.6 Å². The van der Waals surface area contributed by atoms with Crippen molar-refractivity contribution in [3.63, 3.8) is 0 Å². The molecule has 1 aliphatic rings. The van der Waals surface area contributed by atoms with Gasteiger partial charge in [0, 0.05) is 37.9 Å². The predicted octanol–water partition coefficient (Wildman–Crippen LogP) is 0.385. The molecular formula is C13H19N3O2. The molecule has 1 aliphatic heterocycles. The minimum Gasteiger partial charge on any atom is -0.378 e. The molecule has 0 radical (unpaired) electrons. The number of hydrogen-bond acceptors (Lipinski definition) is 4. The van der Waals surface area contributed by atoms with E-state index in [0.717, 1.165) is 24.3 Å². The van der Waals surface area contributed by atoms with Crippen LogP contribution in [0.4, 0.5) is 0 Å². The number of nitrogens with one attached hydrogen (secondary N) is 2. The van der Waals surface area contributed by atoms with Gasteiger partial charge in [0.15, 0.2) is 0 Å². The maximum Gasteiger partial charge on any atom is 0.221 e. The molecule has 0 spiro atoms. The Kier molecular flexibility index (Phi) is 4.66. The summed E-state index contributed by atoms with van der Waals surface area (Å²) in [4.78, 5) is 15.8. The second-order valence-corrected chi connectivity index (χ2v) is 4.51. The summed E-state index contributed by atoms with van der Waals surface area (Å²) in [6, 6.07) is 2.08. The number of carbonyl (C=O) groups excluding carboxylic acids is 1. The Labute approximate surface area is 107 Å². The molecule has 1 amide bonds. The van der Waals surface area contributed by atoms with Crippen LogP contribution in [-0.4, -0.2) is 36.7 Å². The van der Waals surface area contributed by atoms with E-state index in [1.807, 2.05) is 13.0 Å². The van der Waals surface area contributed by atoms with E-state index in [1.165, 1.54) is 0 Å². The van der Waals surface area contributed by atoms with Crippen LogP contribution < -0.4 is 10.6 Å². The minimum absolute atomic E-state index is 0.0428. The molecule has 1 saturated heterocycles. The van der Waals surface area contributed by atoms with Gasteiger partial charge in [-0.05, 0) is 24.1 Å². The molecule has 1 atom stereocenters. The zero-order valence-electron chi connectivity index (χ0n) is 10.6. The maximum atomic E-state index is 11.8. The van der Waals surface area contributed by atoms with Crippen LogP contribution in [0.2, 0.25) is 0 Å². The Bertz CT molecular complexity index is 403. The summed E-state index contributed by atoms with van der Waals surface area (Å²) in [6.07, 6.45) is 4.00. The van der Waals surface area contributed by atoms with E-state index in [-0.39, 0.29) is 11.9 Å². The lowest BCUT2D eigenvalue weighted by molar-refractivity contribution is -0.122. The Balaban J connectivity index is 1.76. The van der Waals surface area contributed by atoms with Gasteiger partial charge in [-0.15, -0.1) is 0 Å². The van der Waals surface area contributed by atoms with Crippen LogP contribution in [0.5, 0.6) is 0 Å². The highest BCUT2D eigenvalue weighted by atomic mass is 16.5. The highest BCUT2D eigenvalue weighted by Crippen LogP contribution is 2.04. The quantitative estimate of drug-likeness (QED) is 0.810. The van der Waals surface area contributed by atoms with Gasteiger partial charge in [-0.1, -0.05) is 0 Å². The summed E-state index contributed by atoms with van der Waals surface area (Å²) in [5.41, 5.74) is 2.20. The van der Waals surface area contributed by atoms with Gasteiger partial charge in [0.2, 0.25) is 5.91 Å². The van der Waals surface area contributed by atoms with Gasteiger partial charge in [0.1, 0.15) is 0 Å². The summed E-state index contributed by atoms with van der Waals surface area (Å²) in [5, 5.41) is 6.17. The lowest BCUT2D eigenvalue weighted by Gasteiger charge is -2.23. The van der Waals surface area contributed by atoms with Crippen molar-refractivity contribution in [2.24, 2.45) is 0 Å². The fourth-order valence-corrected chi connectivity index (χ4v) is 1.92. The highest BCUT2D eigenvalue weighted by molar-refractivity contribution is 5.76. The van der Waals surface area contributed by atoms with Gasteiger partial charge in [-0.3, -0.25) is 9.78 Å². The summed E-state index contributed by atoms with van der Waals surface area (Å²) >= 11 is 0. The van der Waals surface area contributed by atoms with E-state index in [2.05, 4.69) is 15.6 Å². The Morgan fingerprint density at radius 1 is 1.67 bits per heavy atom. The van der Waals surface area contributed by atoms with Crippen molar-refractivity contribution in [2.45, 2.75) is 25.9 Å². The number of rotatable bonds is 4. The molecule has 2 N–H and O–H groups in total. The van der Waals surface area contributed by atoms with E-state index in [0.29, 0.717) is 19.6 Å². The van der Waals surface area contributed by atoms with Gasteiger partial charge in [-0.2, -0.15) is 0 Å². The lowest BCUT2D eigenvalue weighted by Crippen LogP contribution is -2.44. The molecule has 2 heterocycles. The molecule has 1 aromatic heterocycles. The monoisotopic (exact) mass is 249 g/mol. The van der Waals surface area contributed by atoms with Crippen LogP contribution in [0.3, 0.4) is 0 Å². The minimum atomic E-state index is 0.0428. The first-order valence-electron chi connectivity index (χ1n) is 6.23. The number of morpholine rings is 1. The molecule has 0 aromatic carbocycles. The van der Waals surface area contributed by atoms with Crippen molar-refractivity contribution >= 4 is 5.91 Å². The standard InChI is InChI=1S/C13H19N3O2/c1-10-2-3-14-7-11(10)8-16-13(17)6-12-9-18-5-4-15-12/h2-3,7,12,15H,4-6,8-9H2,1H3,(H,16,17). The molecule has 5 nitrogen and oxygen atoms in total. The van der Waals surface area contributed by atoms with Crippen LogP contribution in [0.1, 0.15) is 17.5 Å². The summed E-state index contributed by atoms with van der Waals surface area (Å²) in [5.74, 6) is 0.0428. The fraction of sp³-hybridized carbons (Fsp3) is 0.538. The van der Waals surface area contributed by atoms with Crippen LogP contribution in [0, 0.1) is 6.92 Å². The SMILES string of the molecule is Cc1ccncc1CNC(=O)CC1COCCN1. The molecular weight excluding hydrogens is 230 g/mol. The summed E-state index contributed by atoms with van der Waals surface area (Å²) < 4.78 is 5.31. The van der Waals surface area contributed by atoms with Crippen molar-refractivity contribution in [1.82, 2.24) is 15.6 Å². The Morgan fingerprint density at radius 2 is 2.56 bits per heavy atom. The Morgan fingerprint density at radius 3 is 3.28 bits per heavy atom. The van der Waals surface area contributed by atoms with Gasteiger partial charge in [0.25, 0.3) is 0 Å². The van der Waals surface area contributed by atoms with Crippen molar-refractivity contribution in [1.29, 1.82) is 0 Å². The van der Waals surface area contributed by atoms with Crippen molar-refractivity contribution in [3.8, 4) is 0 Å². The van der Waals surface area contributed by atoms with E-state index < -0.39 is 0 Å². The largest absolute Gasteiger partial charge is 0.378 e. The Hall–Kier alpha value is -1.46. The number of nitrogens with zero attached hydrogens (tertiary/aromatic N) is 1. The normalized spacial score (nSPS) is 19.5. The van der Waals surface area contributed by atoms with E-state index in [4.69, 9.17) is 4.74 Å². The first-order chi connectivity index (χ1) is 8.75. The van der Waals surface area contributed by atoms with E-state index in [9.17, 15) is 4.79 Å². The van der Waals surface area contributed by atoms with Crippen LogP contribution in [0.15, 0.2) is 18.5 Å². The maximum absolute atomic E-state index is 11.8. The highest BCUT2D eigenvalue weighted by Gasteiger charge is 2.16. The van der Waals surface area contributed by atoms with Crippen LogP contribution in [-0.2, 0) is 16.1 Å². The molecule has 0 aliphatic carbocycles. The second-order valence-electron chi connectivity index (χ2n) is 4.51. The topological polar surface area (TPSA) is 63.2 Å². The van der Waals surface area contributed by atoms with Crippen LogP contribution >= 0.6 is 0 Å². The van der Waals surface area contributed by atoms with Crippen LogP contribution in [0.25, 0.3) is 0 Å². The number of carbonyl (C=O) groups is 1. The average molecular weight is 249 g/mol. The van der Waals surface area contributed by atoms with Crippen molar-refractivity contribution in [2.75, 3.05) is 19.8 Å². The lowest BCUT2D eigenvalue weighted by atomic mass is 10.1. The number of aryl methyl sites for hydroxylation is 1. The zero-order valence-corrected chi connectivity index (χ0v) is 10.6. The predicted molar refractivity (Wildman–Crippen MR) is 68.0 cm³/mol. The smallest absolute Gasteiger partial charge is 0.221 e. The zero-order chi connectivity index (χ0) is 12.8. The third-order valence-electron chi connectivity index (χ3n) is 3.05. The number of pyridine rings is 1. The molecule has 1 unspecified atom stereocenters. The molecule has 0 bridgehead atoms. The van der Waals surface area contributed by atoms with Gasteiger partial charge in [0.05, 0.1) is 13.2 Å². The van der Waals surface area contributed by atoms with Gasteiger partial charge in [-0.25, -0.2) is 0 Å². The van der Waals surface area contributed by atoms with Gasteiger partial charge < -0.3 is 15.4 Å². The first-order valence-corrected chi connectivity index (χ1v) is 6.23. The number of hydrogen-bond donors (Lipinski definition) is 2. The molecule has 0 saturated carbocycles. The third-order valence-corrected chi connectivity index (χ3v) is 3.05. The van der Waals surface area contributed by atoms with Gasteiger partial charge >= 0.3 is 0 Å². The molecule has 1 fully saturated rings. The summed E-state index contributed by atoms with van der Waals surface area (Å²) in [7, 11) is 0. The molecule has 98 valence electrons. The molecule has 1 aromatic rings. The van der Waals surface area contributed by atoms with Crippen molar-refractivity contribution < 1.29 is 9.53 Å². The van der Waals surface area contributed by atoms with E-state index in [1.54, 1.807) is 12.4 Å². The average Bonchev–Trinajstić information content (AvgIpc) is 2.39. The third kappa shape index (κ3) is 3.78. The number of amides is 1. The molecule has 18 heavy (non-hydrogen) atoms. The molecule has 5 heteroatoms. The number of aromatic nitrogens is 1. The fourth-order valence-electron chi connectivity index (χ4n) is 1.92. The summed E-state index contributed by atoms with van der Waals surface area (Å²) in [6.45, 7) is 4.71. The molecule has 2 rings (SSSR count). The number of ether oxygens (including phenoxy) is 1. The van der Waals surface area contributed by atoms with E-state index >= 15 is 0 Å².